The molecule has 2 rings (SSSR count). The zero-order chi connectivity index (χ0) is 16.2. The molecule has 0 bridgehead atoms. The van der Waals surface area contributed by atoms with Crippen molar-refractivity contribution in [3.8, 4) is 0 Å². The van der Waals surface area contributed by atoms with E-state index in [-0.39, 0.29) is 6.54 Å². The summed E-state index contributed by atoms with van der Waals surface area (Å²) in [5.41, 5.74) is 2.20. The molecular formula is C14H14F3N3OS. The Hall–Kier alpha value is -2.09. The van der Waals surface area contributed by atoms with Crippen molar-refractivity contribution in [2.24, 2.45) is 0 Å². The van der Waals surface area contributed by atoms with Crippen molar-refractivity contribution in [2.45, 2.75) is 26.2 Å². The fraction of sp³-hybridized carbons (Fsp3) is 0.286. The van der Waals surface area contributed by atoms with Gasteiger partial charge in [0.15, 0.2) is 0 Å². The van der Waals surface area contributed by atoms with E-state index < -0.39 is 17.8 Å². The maximum Gasteiger partial charge on any atom is 0.416 e. The summed E-state index contributed by atoms with van der Waals surface area (Å²) in [6.07, 6.45) is -4.39. The van der Waals surface area contributed by atoms with Crippen LogP contribution in [0.3, 0.4) is 0 Å². The molecule has 0 radical (unpaired) electrons. The number of hydrogen-bond acceptors (Lipinski definition) is 3. The number of amides is 2. The van der Waals surface area contributed by atoms with Crippen molar-refractivity contribution in [1.82, 2.24) is 15.6 Å². The molecule has 1 heterocycles. The SMILES string of the molecule is Cc1ncsc1CNC(=O)NCc1cccc(C(F)(F)F)c1. The maximum atomic E-state index is 12.6. The van der Waals surface area contributed by atoms with Crippen LogP contribution in [-0.2, 0) is 19.3 Å². The maximum absolute atomic E-state index is 12.6. The fourth-order valence-electron chi connectivity index (χ4n) is 1.76. The Kier molecular flexibility index (Phi) is 5.02. The monoisotopic (exact) mass is 329 g/mol. The minimum Gasteiger partial charge on any atom is -0.334 e. The topological polar surface area (TPSA) is 54.0 Å². The first-order chi connectivity index (χ1) is 10.4. The van der Waals surface area contributed by atoms with Gasteiger partial charge in [-0.1, -0.05) is 12.1 Å². The number of carbonyl (C=O) groups excluding carboxylic acids is 1. The second-order valence-electron chi connectivity index (χ2n) is 4.60. The number of hydrogen-bond donors (Lipinski definition) is 2. The van der Waals surface area contributed by atoms with Gasteiger partial charge in [-0.05, 0) is 24.6 Å². The Balaban J connectivity index is 1.85. The van der Waals surface area contributed by atoms with Crippen LogP contribution in [0.2, 0.25) is 0 Å². The summed E-state index contributed by atoms with van der Waals surface area (Å²) in [7, 11) is 0. The van der Waals surface area contributed by atoms with Gasteiger partial charge in [-0.25, -0.2) is 9.78 Å². The number of rotatable bonds is 4. The number of carbonyl (C=O) groups is 1. The molecular weight excluding hydrogens is 315 g/mol. The number of nitrogens with zero attached hydrogens (tertiary/aromatic N) is 1. The lowest BCUT2D eigenvalue weighted by Gasteiger charge is -2.10. The van der Waals surface area contributed by atoms with Gasteiger partial charge in [0.25, 0.3) is 0 Å². The standard InChI is InChI=1S/C14H14F3N3OS/c1-9-12(22-8-20-9)7-19-13(21)18-6-10-3-2-4-11(5-10)14(15,16)17/h2-5,8H,6-7H2,1H3,(H2,18,19,21). The Morgan fingerprint density at radius 1 is 1.27 bits per heavy atom. The van der Waals surface area contributed by atoms with E-state index in [0.29, 0.717) is 12.1 Å². The predicted molar refractivity (Wildman–Crippen MR) is 77.4 cm³/mol. The quantitative estimate of drug-likeness (QED) is 0.902. The van der Waals surface area contributed by atoms with E-state index in [1.807, 2.05) is 6.92 Å². The second kappa shape index (κ2) is 6.78. The number of benzene rings is 1. The molecule has 2 N–H and O–H groups in total. The molecule has 0 aliphatic heterocycles. The molecule has 118 valence electrons. The third-order valence-electron chi connectivity index (χ3n) is 2.96. The molecule has 1 aromatic heterocycles. The average Bonchev–Trinajstić information content (AvgIpc) is 2.88. The van der Waals surface area contributed by atoms with E-state index in [1.165, 1.54) is 23.5 Å². The summed E-state index contributed by atoms with van der Waals surface area (Å²) in [6, 6.07) is 4.43. The first-order valence-corrected chi connectivity index (χ1v) is 7.31. The first kappa shape index (κ1) is 16.3. The third kappa shape index (κ3) is 4.45. The van der Waals surface area contributed by atoms with Crippen molar-refractivity contribution in [3.63, 3.8) is 0 Å². The van der Waals surface area contributed by atoms with Gasteiger partial charge in [0.1, 0.15) is 0 Å². The molecule has 0 saturated carbocycles. The summed E-state index contributed by atoms with van der Waals surface area (Å²) >= 11 is 1.43. The smallest absolute Gasteiger partial charge is 0.334 e. The largest absolute Gasteiger partial charge is 0.416 e. The highest BCUT2D eigenvalue weighted by Gasteiger charge is 2.30. The number of alkyl halides is 3. The number of thiazole rings is 1. The van der Waals surface area contributed by atoms with E-state index in [4.69, 9.17) is 0 Å². The number of nitrogens with one attached hydrogen (secondary N) is 2. The summed E-state index contributed by atoms with van der Waals surface area (Å²) in [5.74, 6) is 0. The van der Waals surface area contributed by atoms with Crippen LogP contribution in [0.25, 0.3) is 0 Å². The Labute approximate surface area is 129 Å². The number of urea groups is 1. The average molecular weight is 329 g/mol. The Bertz CT molecular complexity index is 655. The fourth-order valence-corrected chi connectivity index (χ4v) is 2.48. The lowest BCUT2D eigenvalue weighted by molar-refractivity contribution is -0.137. The van der Waals surface area contributed by atoms with Gasteiger partial charge in [0, 0.05) is 11.4 Å². The molecule has 0 unspecified atom stereocenters. The molecule has 22 heavy (non-hydrogen) atoms. The van der Waals surface area contributed by atoms with Crippen molar-refractivity contribution in [3.05, 3.63) is 51.5 Å². The summed E-state index contributed by atoms with van der Waals surface area (Å²) in [6.45, 7) is 2.20. The zero-order valence-electron chi connectivity index (χ0n) is 11.7. The van der Waals surface area contributed by atoms with Crippen LogP contribution in [-0.4, -0.2) is 11.0 Å². The Morgan fingerprint density at radius 3 is 2.64 bits per heavy atom. The third-order valence-corrected chi connectivity index (χ3v) is 3.90. The van der Waals surface area contributed by atoms with Crippen LogP contribution in [0.1, 0.15) is 21.7 Å². The molecule has 0 saturated heterocycles. The molecule has 0 atom stereocenters. The van der Waals surface area contributed by atoms with Crippen LogP contribution < -0.4 is 10.6 Å². The summed E-state index contributed by atoms with van der Waals surface area (Å²) in [4.78, 5) is 16.6. The second-order valence-corrected chi connectivity index (χ2v) is 5.53. The predicted octanol–water partition coefficient (Wildman–Crippen LogP) is 3.47. The van der Waals surface area contributed by atoms with Gasteiger partial charge < -0.3 is 10.6 Å². The van der Waals surface area contributed by atoms with Crippen LogP contribution in [0.5, 0.6) is 0 Å². The van der Waals surface area contributed by atoms with Gasteiger partial charge in [-0.15, -0.1) is 11.3 Å². The van der Waals surface area contributed by atoms with Crippen molar-refractivity contribution in [2.75, 3.05) is 0 Å². The van der Waals surface area contributed by atoms with Gasteiger partial charge in [0.05, 0.1) is 23.3 Å². The molecule has 2 amide bonds. The zero-order valence-corrected chi connectivity index (χ0v) is 12.5. The van der Waals surface area contributed by atoms with Crippen LogP contribution in [0, 0.1) is 6.92 Å². The molecule has 0 spiro atoms. The molecule has 1 aromatic carbocycles. The van der Waals surface area contributed by atoms with E-state index in [1.54, 1.807) is 5.51 Å². The summed E-state index contributed by atoms with van der Waals surface area (Å²) < 4.78 is 37.7. The lowest BCUT2D eigenvalue weighted by atomic mass is 10.1. The number of halogens is 3. The van der Waals surface area contributed by atoms with E-state index in [0.717, 1.165) is 22.7 Å². The molecule has 8 heteroatoms. The minimum absolute atomic E-state index is 0.0252. The highest BCUT2D eigenvalue weighted by atomic mass is 32.1. The van der Waals surface area contributed by atoms with Gasteiger partial charge in [-0.2, -0.15) is 13.2 Å². The lowest BCUT2D eigenvalue weighted by Crippen LogP contribution is -2.34. The van der Waals surface area contributed by atoms with Crippen molar-refractivity contribution < 1.29 is 18.0 Å². The highest BCUT2D eigenvalue weighted by molar-refractivity contribution is 7.09. The molecule has 4 nitrogen and oxygen atoms in total. The van der Waals surface area contributed by atoms with E-state index in [9.17, 15) is 18.0 Å². The van der Waals surface area contributed by atoms with Crippen LogP contribution in [0.4, 0.5) is 18.0 Å². The van der Waals surface area contributed by atoms with Crippen molar-refractivity contribution in [1.29, 1.82) is 0 Å². The minimum atomic E-state index is -4.39. The molecule has 2 aromatic rings. The van der Waals surface area contributed by atoms with E-state index in [2.05, 4.69) is 15.6 Å². The highest BCUT2D eigenvalue weighted by Crippen LogP contribution is 2.29. The van der Waals surface area contributed by atoms with E-state index >= 15 is 0 Å². The van der Waals surface area contributed by atoms with Crippen molar-refractivity contribution >= 4 is 17.4 Å². The molecule has 0 fully saturated rings. The van der Waals surface area contributed by atoms with Gasteiger partial charge in [0.2, 0.25) is 0 Å². The van der Waals surface area contributed by atoms with Gasteiger partial charge in [-0.3, -0.25) is 0 Å². The number of aromatic nitrogens is 1. The van der Waals surface area contributed by atoms with Crippen LogP contribution >= 0.6 is 11.3 Å². The molecule has 0 aliphatic rings. The Morgan fingerprint density at radius 2 is 2.00 bits per heavy atom. The number of aryl methyl sites for hydroxylation is 1. The first-order valence-electron chi connectivity index (χ1n) is 6.43. The molecule has 0 aliphatic carbocycles. The summed E-state index contributed by atoms with van der Waals surface area (Å²) in [5, 5.41) is 5.17. The van der Waals surface area contributed by atoms with Gasteiger partial charge >= 0.3 is 12.2 Å². The van der Waals surface area contributed by atoms with Crippen LogP contribution in [0.15, 0.2) is 29.8 Å². The normalized spacial score (nSPS) is 11.3.